The molecule has 1 aliphatic rings. The van der Waals surface area contributed by atoms with Crippen molar-refractivity contribution >= 4 is 23.9 Å². The van der Waals surface area contributed by atoms with Crippen LogP contribution >= 0.6 is 0 Å². The Hall–Kier alpha value is -2.20. The minimum Gasteiger partial charge on any atom is -0.465 e. The van der Waals surface area contributed by atoms with Crippen molar-refractivity contribution in [2.45, 2.75) is 59.0 Å². The van der Waals surface area contributed by atoms with E-state index in [1.54, 1.807) is 37.5 Å². The van der Waals surface area contributed by atoms with Crippen LogP contribution in [0.1, 0.15) is 47.0 Å². The van der Waals surface area contributed by atoms with E-state index in [4.69, 9.17) is 18.9 Å². The van der Waals surface area contributed by atoms with Crippen molar-refractivity contribution in [3.63, 3.8) is 0 Å². The zero-order valence-electron chi connectivity index (χ0n) is 19.1. The van der Waals surface area contributed by atoms with Crippen LogP contribution < -0.4 is 0 Å². The topological polar surface area (TPSA) is 112 Å². The van der Waals surface area contributed by atoms with Crippen molar-refractivity contribution in [2.75, 3.05) is 52.6 Å². The number of hydrogen-bond donors (Lipinski definition) is 0. The molecule has 0 amide bonds. The van der Waals surface area contributed by atoms with Gasteiger partial charge in [-0.05, 0) is 40.5 Å². The molecule has 178 valence electrons. The molecule has 0 radical (unpaired) electrons. The molecule has 2 atom stereocenters. The van der Waals surface area contributed by atoms with Crippen LogP contribution in [0.5, 0.6) is 0 Å². The first-order valence-electron chi connectivity index (χ1n) is 11.0. The van der Waals surface area contributed by atoms with Gasteiger partial charge < -0.3 is 18.9 Å². The molecule has 0 heterocycles. The zero-order chi connectivity index (χ0) is 23.2. The van der Waals surface area contributed by atoms with Crippen molar-refractivity contribution < 1.29 is 38.1 Å². The lowest BCUT2D eigenvalue weighted by atomic mass is 10.1. The van der Waals surface area contributed by atoms with E-state index in [0.717, 1.165) is 6.42 Å². The summed E-state index contributed by atoms with van der Waals surface area (Å²) in [6.07, 6.45) is 2.22. The fourth-order valence-electron chi connectivity index (χ4n) is 3.84. The van der Waals surface area contributed by atoms with Crippen molar-refractivity contribution in [1.29, 1.82) is 0 Å². The van der Waals surface area contributed by atoms with Crippen LogP contribution in [0.25, 0.3) is 0 Å². The maximum Gasteiger partial charge on any atom is 0.320 e. The summed E-state index contributed by atoms with van der Waals surface area (Å²) in [4.78, 5) is 52.1. The number of ether oxygens (including phenoxy) is 4. The molecule has 0 unspecified atom stereocenters. The number of carbonyl (C=O) groups excluding carboxylic acids is 4. The zero-order valence-corrected chi connectivity index (χ0v) is 19.1. The molecule has 0 aromatic rings. The molecule has 1 rings (SSSR count). The number of hydrogen-bond acceptors (Lipinski definition) is 10. The lowest BCUT2D eigenvalue weighted by Crippen LogP contribution is -2.54. The third-order valence-electron chi connectivity index (χ3n) is 4.93. The van der Waals surface area contributed by atoms with Crippen LogP contribution in [0.15, 0.2) is 0 Å². The van der Waals surface area contributed by atoms with Gasteiger partial charge in [0.25, 0.3) is 0 Å². The van der Waals surface area contributed by atoms with Gasteiger partial charge in [0.15, 0.2) is 0 Å². The lowest BCUT2D eigenvalue weighted by Gasteiger charge is -2.37. The number of esters is 4. The van der Waals surface area contributed by atoms with E-state index in [1.165, 1.54) is 0 Å². The molecule has 10 heteroatoms. The third-order valence-corrected chi connectivity index (χ3v) is 4.93. The van der Waals surface area contributed by atoms with E-state index in [1.807, 2.05) is 0 Å². The lowest BCUT2D eigenvalue weighted by molar-refractivity contribution is -0.154. The Morgan fingerprint density at radius 1 is 0.581 bits per heavy atom. The van der Waals surface area contributed by atoms with Gasteiger partial charge >= 0.3 is 23.9 Å². The molecule has 1 aliphatic carbocycles. The van der Waals surface area contributed by atoms with Gasteiger partial charge in [0.05, 0.1) is 52.6 Å². The van der Waals surface area contributed by atoms with Crippen LogP contribution in [0, 0.1) is 0 Å². The highest BCUT2D eigenvalue weighted by Gasteiger charge is 2.39. The highest BCUT2D eigenvalue weighted by atomic mass is 16.5. The molecule has 0 aliphatic heterocycles. The molecular formula is C21H36N2O8. The Balaban J connectivity index is 3.07. The van der Waals surface area contributed by atoms with E-state index in [0.29, 0.717) is 12.8 Å². The van der Waals surface area contributed by atoms with Crippen LogP contribution in [0.4, 0.5) is 0 Å². The highest BCUT2D eigenvalue weighted by Crippen LogP contribution is 2.29. The standard InChI is InChI=1S/C21H36N2O8/c1-5-28-18(24)12-22(13-19(25)29-6-2)16-10-9-11-17(16)23(14-20(26)30-7-3)15-21(27)31-8-4/h16-17H,5-15H2,1-4H3/t16-,17+. The Morgan fingerprint density at radius 3 is 1.06 bits per heavy atom. The van der Waals surface area contributed by atoms with Crippen molar-refractivity contribution in [3.05, 3.63) is 0 Å². The van der Waals surface area contributed by atoms with Gasteiger partial charge in [0.2, 0.25) is 0 Å². The van der Waals surface area contributed by atoms with Gasteiger partial charge in [-0.2, -0.15) is 0 Å². The van der Waals surface area contributed by atoms with Gasteiger partial charge in [-0.15, -0.1) is 0 Å². The second kappa shape index (κ2) is 14.7. The fourth-order valence-corrected chi connectivity index (χ4v) is 3.84. The summed E-state index contributed by atoms with van der Waals surface area (Å²) < 4.78 is 20.3. The van der Waals surface area contributed by atoms with Crippen LogP contribution in [0.3, 0.4) is 0 Å². The number of nitrogens with zero attached hydrogens (tertiary/aromatic N) is 2. The first kappa shape index (κ1) is 26.8. The summed E-state index contributed by atoms with van der Waals surface area (Å²) in [6.45, 7) is 7.46. The molecule has 0 saturated heterocycles. The summed E-state index contributed by atoms with van der Waals surface area (Å²) in [5, 5.41) is 0. The second-order valence-corrected chi connectivity index (χ2v) is 7.10. The van der Waals surface area contributed by atoms with E-state index < -0.39 is 23.9 Å². The molecule has 0 spiro atoms. The van der Waals surface area contributed by atoms with Crippen molar-refractivity contribution in [1.82, 2.24) is 9.80 Å². The summed E-state index contributed by atoms with van der Waals surface area (Å²) in [5.74, 6) is -1.78. The second-order valence-electron chi connectivity index (χ2n) is 7.10. The van der Waals surface area contributed by atoms with Gasteiger partial charge in [0.1, 0.15) is 0 Å². The largest absolute Gasteiger partial charge is 0.465 e. The molecular weight excluding hydrogens is 408 g/mol. The van der Waals surface area contributed by atoms with E-state index in [9.17, 15) is 19.2 Å². The van der Waals surface area contributed by atoms with Crippen LogP contribution in [-0.2, 0) is 38.1 Å². The summed E-state index contributed by atoms with van der Waals surface area (Å²) in [7, 11) is 0. The molecule has 0 aromatic carbocycles. The van der Waals surface area contributed by atoms with Gasteiger partial charge in [-0.1, -0.05) is 6.42 Å². The predicted molar refractivity (Wildman–Crippen MR) is 111 cm³/mol. The Bertz CT molecular complexity index is 508. The SMILES string of the molecule is CCOC(=O)CN(CC(=O)OCC)[C@@H]1CCC[C@@H]1N(CC(=O)OCC)CC(=O)OCC. The highest BCUT2D eigenvalue weighted by molar-refractivity contribution is 5.76. The first-order chi connectivity index (χ1) is 14.9. The fraction of sp³-hybridized carbons (Fsp3) is 0.810. The van der Waals surface area contributed by atoms with Gasteiger partial charge in [-0.3, -0.25) is 29.0 Å². The third kappa shape index (κ3) is 9.65. The minimum atomic E-state index is -0.445. The molecule has 0 N–H and O–H groups in total. The molecule has 0 aromatic heterocycles. The maximum atomic E-state index is 12.2. The van der Waals surface area contributed by atoms with E-state index >= 15 is 0 Å². The molecule has 1 fully saturated rings. The molecule has 1 saturated carbocycles. The van der Waals surface area contributed by atoms with Crippen LogP contribution in [-0.4, -0.2) is 98.4 Å². The smallest absolute Gasteiger partial charge is 0.320 e. The first-order valence-corrected chi connectivity index (χ1v) is 11.0. The Kier molecular flexibility index (Phi) is 12.8. The molecule has 31 heavy (non-hydrogen) atoms. The predicted octanol–water partition coefficient (Wildman–Crippen LogP) is 0.764. The summed E-state index contributed by atoms with van der Waals surface area (Å²) >= 11 is 0. The van der Waals surface area contributed by atoms with E-state index in [-0.39, 0.29) is 64.7 Å². The maximum absolute atomic E-state index is 12.2. The van der Waals surface area contributed by atoms with Crippen molar-refractivity contribution in [2.24, 2.45) is 0 Å². The normalized spacial score (nSPS) is 18.1. The monoisotopic (exact) mass is 444 g/mol. The quantitative estimate of drug-likeness (QED) is 0.281. The van der Waals surface area contributed by atoms with Gasteiger partial charge in [0, 0.05) is 12.1 Å². The average molecular weight is 445 g/mol. The average Bonchev–Trinajstić information content (AvgIpc) is 3.17. The van der Waals surface area contributed by atoms with Gasteiger partial charge in [-0.25, -0.2) is 0 Å². The summed E-state index contributed by atoms with van der Waals surface area (Å²) in [6, 6.07) is -0.477. The Labute approximate surface area is 184 Å². The summed E-state index contributed by atoms with van der Waals surface area (Å²) in [5.41, 5.74) is 0. The van der Waals surface area contributed by atoms with E-state index in [2.05, 4.69) is 0 Å². The number of rotatable bonds is 14. The number of carbonyl (C=O) groups is 4. The Morgan fingerprint density at radius 2 is 0.839 bits per heavy atom. The molecule has 0 bridgehead atoms. The van der Waals surface area contributed by atoms with Crippen molar-refractivity contribution in [3.8, 4) is 0 Å². The van der Waals surface area contributed by atoms with Crippen LogP contribution in [0.2, 0.25) is 0 Å². The molecule has 10 nitrogen and oxygen atoms in total. The minimum absolute atomic E-state index is 0.0829.